The van der Waals surface area contributed by atoms with Gasteiger partial charge in [-0.1, -0.05) is 38.0 Å². The molecule has 1 aromatic carbocycles. The maximum Gasteiger partial charge on any atom is 0.269 e. The van der Waals surface area contributed by atoms with Gasteiger partial charge in [0.1, 0.15) is 0 Å². The van der Waals surface area contributed by atoms with Crippen molar-refractivity contribution >= 4 is 5.69 Å². The maximum atomic E-state index is 10.0. The summed E-state index contributed by atoms with van der Waals surface area (Å²) >= 11 is 0. The average Bonchev–Trinajstić information content (AvgIpc) is 2.28. The second-order valence-electron chi connectivity index (χ2n) is 3.09. The van der Waals surface area contributed by atoms with Crippen molar-refractivity contribution in [2.24, 2.45) is 5.73 Å². The Morgan fingerprint density at radius 3 is 2.13 bits per heavy atom. The quantitative estimate of drug-likeness (QED) is 0.472. The van der Waals surface area contributed by atoms with Crippen LogP contribution in [0, 0.1) is 10.1 Å². The molecule has 0 spiro atoms. The Morgan fingerprint density at radius 2 is 1.87 bits per heavy atom. The zero-order valence-electron chi connectivity index (χ0n) is 9.06. The van der Waals surface area contributed by atoms with Crippen molar-refractivity contribution in [2.45, 2.75) is 26.2 Å². The van der Waals surface area contributed by atoms with Crippen LogP contribution in [-0.4, -0.2) is 11.5 Å². The Balaban J connectivity index is 0.000000288. The van der Waals surface area contributed by atoms with Crippen LogP contribution in [0.5, 0.6) is 0 Å². The molecule has 2 N–H and O–H groups in total. The maximum absolute atomic E-state index is 10.0. The highest BCUT2D eigenvalue weighted by Crippen LogP contribution is 2.06. The van der Waals surface area contributed by atoms with Gasteiger partial charge in [-0.05, 0) is 13.0 Å². The average molecular weight is 210 g/mol. The Kier molecular flexibility index (Phi) is 8.28. The third-order valence-corrected chi connectivity index (χ3v) is 1.77. The fraction of sp³-hybridized carbons (Fsp3) is 0.455. The molecule has 0 aromatic heterocycles. The van der Waals surface area contributed by atoms with Crippen LogP contribution in [0.1, 0.15) is 26.2 Å². The van der Waals surface area contributed by atoms with Crippen LogP contribution in [-0.2, 0) is 0 Å². The van der Waals surface area contributed by atoms with E-state index in [2.05, 4.69) is 6.92 Å². The highest BCUT2D eigenvalue weighted by atomic mass is 16.6. The summed E-state index contributed by atoms with van der Waals surface area (Å²) in [5.74, 6) is 0. The molecule has 0 aliphatic rings. The lowest BCUT2D eigenvalue weighted by atomic mass is 10.3. The van der Waals surface area contributed by atoms with E-state index in [4.69, 9.17) is 5.73 Å². The molecule has 1 rings (SSSR count). The van der Waals surface area contributed by atoms with Gasteiger partial charge in [-0.2, -0.15) is 0 Å². The van der Waals surface area contributed by atoms with E-state index in [1.807, 2.05) is 0 Å². The van der Waals surface area contributed by atoms with Crippen molar-refractivity contribution < 1.29 is 4.92 Å². The van der Waals surface area contributed by atoms with E-state index in [1.165, 1.54) is 31.4 Å². The molecule has 4 nitrogen and oxygen atoms in total. The molecule has 0 saturated carbocycles. The Morgan fingerprint density at radius 1 is 1.27 bits per heavy atom. The molecule has 0 saturated heterocycles. The number of non-ortho nitro benzene ring substituents is 1. The summed E-state index contributed by atoms with van der Waals surface area (Å²) in [7, 11) is 0. The second kappa shape index (κ2) is 9.15. The molecule has 0 atom stereocenters. The predicted octanol–water partition coefficient (Wildman–Crippen LogP) is 2.73. The predicted molar refractivity (Wildman–Crippen MR) is 61.7 cm³/mol. The first-order valence-electron chi connectivity index (χ1n) is 5.11. The minimum atomic E-state index is -0.417. The molecule has 4 heteroatoms. The van der Waals surface area contributed by atoms with Gasteiger partial charge in [0, 0.05) is 12.1 Å². The highest BCUT2D eigenvalue weighted by molar-refractivity contribution is 5.27. The molecule has 0 aliphatic carbocycles. The van der Waals surface area contributed by atoms with Gasteiger partial charge in [0.05, 0.1) is 4.92 Å². The Hall–Kier alpha value is -1.42. The number of nitro benzene ring substituents is 1. The van der Waals surface area contributed by atoms with Crippen molar-refractivity contribution in [3.63, 3.8) is 0 Å². The molecule has 0 unspecified atom stereocenters. The summed E-state index contributed by atoms with van der Waals surface area (Å²) in [5, 5.41) is 10.0. The number of hydrogen-bond donors (Lipinski definition) is 1. The summed E-state index contributed by atoms with van der Waals surface area (Å²) in [6.45, 7) is 3.03. The van der Waals surface area contributed by atoms with Crippen molar-refractivity contribution in [2.75, 3.05) is 6.54 Å². The summed E-state index contributed by atoms with van der Waals surface area (Å²) in [6, 6.07) is 7.93. The fourth-order valence-electron chi connectivity index (χ4n) is 0.944. The highest BCUT2D eigenvalue weighted by Gasteiger charge is 1.98. The molecule has 15 heavy (non-hydrogen) atoms. The summed E-state index contributed by atoms with van der Waals surface area (Å²) < 4.78 is 0. The molecule has 0 aliphatic heterocycles. The van der Waals surface area contributed by atoms with E-state index in [9.17, 15) is 10.1 Å². The first kappa shape index (κ1) is 13.6. The van der Waals surface area contributed by atoms with E-state index >= 15 is 0 Å². The molecule has 0 radical (unpaired) electrons. The lowest BCUT2D eigenvalue weighted by Crippen LogP contribution is -1.96. The Labute approximate surface area is 90.3 Å². The van der Waals surface area contributed by atoms with Gasteiger partial charge in [0.25, 0.3) is 5.69 Å². The number of benzene rings is 1. The second-order valence-corrected chi connectivity index (χ2v) is 3.09. The van der Waals surface area contributed by atoms with Gasteiger partial charge in [-0.25, -0.2) is 0 Å². The van der Waals surface area contributed by atoms with Gasteiger partial charge in [-0.3, -0.25) is 10.1 Å². The SMILES string of the molecule is CCCCCN.O=[N+]([O-])c1ccccc1. The van der Waals surface area contributed by atoms with E-state index in [1.54, 1.807) is 18.2 Å². The first-order chi connectivity index (χ1) is 7.22. The molecular formula is C11H18N2O2. The van der Waals surface area contributed by atoms with Gasteiger partial charge < -0.3 is 5.73 Å². The number of nitro groups is 1. The summed E-state index contributed by atoms with van der Waals surface area (Å²) in [5.41, 5.74) is 5.35. The van der Waals surface area contributed by atoms with Gasteiger partial charge in [0.2, 0.25) is 0 Å². The minimum Gasteiger partial charge on any atom is -0.330 e. The lowest BCUT2D eigenvalue weighted by Gasteiger charge is -1.86. The Bertz CT molecular complexity index is 259. The zero-order valence-corrected chi connectivity index (χ0v) is 9.06. The number of nitrogens with zero attached hydrogens (tertiary/aromatic N) is 1. The van der Waals surface area contributed by atoms with Crippen LogP contribution in [0.4, 0.5) is 5.69 Å². The molecule has 84 valence electrons. The van der Waals surface area contributed by atoms with Gasteiger partial charge >= 0.3 is 0 Å². The fourth-order valence-corrected chi connectivity index (χ4v) is 0.944. The number of unbranched alkanes of at least 4 members (excludes halogenated alkanes) is 2. The number of nitrogens with two attached hydrogens (primary N) is 1. The lowest BCUT2D eigenvalue weighted by molar-refractivity contribution is -0.384. The standard InChI is InChI=1S/C6H5NO2.C5H13N/c8-7(9)6-4-2-1-3-5-6;1-2-3-4-5-6/h1-5H;2-6H2,1H3. The minimum absolute atomic E-state index is 0.137. The third kappa shape index (κ3) is 7.64. The van der Waals surface area contributed by atoms with Crippen molar-refractivity contribution in [1.82, 2.24) is 0 Å². The van der Waals surface area contributed by atoms with Crippen LogP contribution in [0.25, 0.3) is 0 Å². The van der Waals surface area contributed by atoms with E-state index in [-0.39, 0.29) is 5.69 Å². The van der Waals surface area contributed by atoms with Gasteiger partial charge in [0.15, 0.2) is 0 Å². The topological polar surface area (TPSA) is 69.2 Å². The van der Waals surface area contributed by atoms with E-state index < -0.39 is 4.92 Å². The summed E-state index contributed by atoms with van der Waals surface area (Å²) in [4.78, 5) is 9.59. The largest absolute Gasteiger partial charge is 0.330 e. The monoisotopic (exact) mass is 210 g/mol. The van der Waals surface area contributed by atoms with Crippen LogP contribution in [0.3, 0.4) is 0 Å². The number of para-hydroxylation sites is 1. The van der Waals surface area contributed by atoms with Crippen molar-refractivity contribution in [3.05, 3.63) is 40.4 Å². The third-order valence-electron chi connectivity index (χ3n) is 1.77. The van der Waals surface area contributed by atoms with Crippen molar-refractivity contribution in [3.8, 4) is 0 Å². The molecule has 0 fully saturated rings. The zero-order chi connectivity index (χ0) is 11.5. The number of hydrogen-bond acceptors (Lipinski definition) is 3. The normalized spacial score (nSPS) is 8.93. The molecule has 0 bridgehead atoms. The number of rotatable bonds is 4. The van der Waals surface area contributed by atoms with E-state index in [0.29, 0.717) is 0 Å². The molecular weight excluding hydrogens is 192 g/mol. The summed E-state index contributed by atoms with van der Waals surface area (Å²) in [6.07, 6.45) is 3.75. The van der Waals surface area contributed by atoms with Crippen LogP contribution < -0.4 is 5.73 Å². The van der Waals surface area contributed by atoms with Crippen LogP contribution in [0.15, 0.2) is 30.3 Å². The van der Waals surface area contributed by atoms with Crippen LogP contribution in [0.2, 0.25) is 0 Å². The molecule has 0 amide bonds. The smallest absolute Gasteiger partial charge is 0.269 e. The van der Waals surface area contributed by atoms with Crippen molar-refractivity contribution in [1.29, 1.82) is 0 Å². The first-order valence-corrected chi connectivity index (χ1v) is 5.11. The van der Waals surface area contributed by atoms with E-state index in [0.717, 1.165) is 6.54 Å². The van der Waals surface area contributed by atoms with Crippen LogP contribution >= 0.6 is 0 Å². The molecule has 0 heterocycles. The van der Waals surface area contributed by atoms with Gasteiger partial charge in [-0.15, -0.1) is 0 Å². The molecule has 1 aromatic rings.